The summed E-state index contributed by atoms with van der Waals surface area (Å²) in [5, 5.41) is 0.815. The molecule has 15 heavy (non-hydrogen) atoms. The molecule has 0 aliphatic carbocycles. The average molecular weight is 219 g/mol. The zero-order chi connectivity index (χ0) is 10.8. The highest BCUT2D eigenvalue weighted by molar-refractivity contribution is 7.80. The first-order valence-electron chi connectivity index (χ1n) is 4.41. The van der Waals surface area contributed by atoms with E-state index in [9.17, 15) is 4.79 Å². The van der Waals surface area contributed by atoms with Gasteiger partial charge in [0.25, 0.3) is 0 Å². The fourth-order valence-corrected chi connectivity index (χ4v) is 1.72. The molecule has 0 aliphatic heterocycles. The van der Waals surface area contributed by atoms with E-state index in [0.29, 0.717) is 16.0 Å². The van der Waals surface area contributed by atoms with Crippen molar-refractivity contribution in [3.63, 3.8) is 0 Å². The van der Waals surface area contributed by atoms with E-state index >= 15 is 0 Å². The van der Waals surface area contributed by atoms with E-state index in [1.165, 1.54) is 6.21 Å². The summed E-state index contributed by atoms with van der Waals surface area (Å²) in [6.07, 6.45) is 1.46. The Kier molecular flexibility index (Phi) is 2.60. The Morgan fingerprint density at radius 1 is 1.40 bits per heavy atom. The molecule has 0 spiro atoms. The van der Waals surface area contributed by atoms with Crippen molar-refractivity contribution >= 4 is 29.8 Å². The van der Waals surface area contributed by atoms with Crippen molar-refractivity contribution in [1.82, 2.24) is 0 Å². The van der Waals surface area contributed by atoms with Crippen LogP contribution in [0.5, 0.6) is 0 Å². The van der Waals surface area contributed by atoms with Crippen LogP contribution in [0.15, 0.2) is 43.4 Å². The predicted octanol–water partition coefficient (Wildman–Crippen LogP) is 2.13. The van der Waals surface area contributed by atoms with Crippen molar-refractivity contribution in [1.29, 1.82) is 0 Å². The summed E-state index contributed by atoms with van der Waals surface area (Å²) in [6.45, 7) is 0. The lowest BCUT2D eigenvalue weighted by Gasteiger charge is -2.01. The molecule has 0 amide bonds. The number of benzene rings is 1. The highest BCUT2D eigenvalue weighted by atomic mass is 32.1. The minimum absolute atomic E-state index is 0.388. The van der Waals surface area contributed by atoms with Crippen LogP contribution in [0, 0.1) is 0 Å². The van der Waals surface area contributed by atoms with E-state index in [1.54, 1.807) is 13.1 Å². The Bertz CT molecular complexity index is 587. The summed E-state index contributed by atoms with van der Waals surface area (Å²) in [5.41, 5.74) is 0.518. The number of para-hydroxylation sites is 1. The normalized spacial score (nSPS) is 11.3. The molecule has 0 saturated heterocycles. The zero-order valence-electron chi connectivity index (χ0n) is 8.10. The highest BCUT2D eigenvalue weighted by Crippen LogP contribution is 2.21. The second-order valence-electron chi connectivity index (χ2n) is 3.04. The molecular weight excluding hydrogens is 210 g/mol. The van der Waals surface area contributed by atoms with Gasteiger partial charge in [-0.1, -0.05) is 18.2 Å². The number of fused-ring (bicyclic) bond motifs is 1. The smallest absolute Gasteiger partial charge is 0.346 e. The maximum atomic E-state index is 11.5. The van der Waals surface area contributed by atoms with Crippen molar-refractivity contribution in [2.24, 2.45) is 4.99 Å². The quantitative estimate of drug-likeness (QED) is 0.453. The lowest BCUT2D eigenvalue weighted by Crippen LogP contribution is -2.08. The number of hydrogen-bond donors (Lipinski definition) is 1. The van der Waals surface area contributed by atoms with Crippen LogP contribution in [0.2, 0.25) is 0 Å². The molecule has 2 aromatic rings. The lowest BCUT2D eigenvalue weighted by atomic mass is 10.2. The van der Waals surface area contributed by atoms with Gasteiger partial charge in [-0.3, -0.25) is 4.99 Å². The van der Waals surface area contributed by atoms with Crippen LogP contribution >= 0.6 is 12.6 Å². The molecule has 0 unspecified atom stereocenters. The van der Waals surface area contributed by atoms with Crippen LogP contribution in [-0.4, -0.2) is 13.3 Å². The van der Waals surface area contributed by atoms with Gasteiger partial charge in [0.2, 0.25) is 0 Å². The van der Waals surface area contributed by atoms with Gasteiger partial charge in [0.05, 0.1) is 5.56 Å². The second kappa shape index (κ2) is 3.90. The summed E-state index contributed by atoms with van der Waals surface area (Å²) < 4.78 is 5.13. The van der Waals surface area contributed by atoms with Gasteiger partial charge in [-0.2, -0.15) is 0 Å². The van der Waals surface area contributed by atoms with Gasteiger partial charge in [0.15, 0.2) is 0 Å². The van der Waals surface area contributed by atoms with Crippen LogP contribution in [-0.2, 0) is 0 Å². The van der Waals surface area contributed by atoms with Gasteiger partial charge in [-0.25, -0.2) is 4.79 Å². The number of rotatable bonds is 1. The molecule has 1 heterocycles. The van der Waals surface area contributed by atoms with Crippen molar-refractivity contribution in [3.05, 3.63) is 40.2 Å². The minimum Gasteiger partial charge on any atom is -0.422 e. The van der Waals surface area contributed by atoms with Crippen molar-refractivity contribution in [2.45, 2.75) is 4.90 Å². The summed E-state index contributed by atoms with van der Waals surface area (Å²) in [6, 6.07) is 7.28. The summed E-state index contributed by atoms with van der Waals surface area (Å²) in [7, 11) is 1.60. The van der Waals surface area contributed by atoms with E-state index < -0.39 is 5.63 Å². The first kappa shape index (κ1) is 9.98. The first-order chi connectivity index (χ1) is 7.24. The fourth-order valence-electron chi connectivity index (χ4n) is 1.39. The summed E-state index contributed by atoms with van der Waals surface area (Å²) >= 11 is 4.32. The van der Waals surface area contributed by atoms with E-state index in [2.05, 4.69) is 17.6 Å². The van der Waals surface area contributed by atoms with Crippen molar-refractivity contribution < 1.29 is 4.42 Å². The Morgan fingerprint density at radius 2 is 2.13 bits per heavy atom. The largest absolute Gasteiger partial charge is 0.422 e. The third-order valence-electron chi connectivity index (χ3n) is 2.08. The summed E-state index contributed by atoms with van der Waals surface area (Å²) in [4.78, 5) is 15.9. The van der Waals surface area contributed by atoms with E-state index in [4.69, 9.17) is 4.42 Å². The lowest BCUT2D eigenvalue weighted by molar-refractivity contribution is 0.556. The molecule has 4 heteroatoms. The molecule has 0 atom stereocenters. The van der Waals surface area contributed by atoms with E-state index in [1.807, 2.05) is 18.2 Å². The molecular formula is C11H9NO2S. The predicted molar refractivity (Wildman–Crippen MR) is 63.3 cm³/mol. The first-order valence-corrected chi connectivity index (χ1v) is 4.85. The van der Waals surface area contributed by atoms with Crippen LogP contribution in [0.3, 0.4) is 0 Å². The van der Waals surface area contributed by atoms with E-state index in [-0.39, 0.29) is 0 Å². The molecule has 1 aromatic carbocycles. The van der Waals surface area contributed by atoms with Crippen molar-refractivity contribution in [2.75, 3.05) is 7.05 Å². The SMILES string of the molecule is CN=Cc1c(S)c2ccccc2oc1=O. The number of nitrogens with zero attached hydrogens (tertiary/aromatic N) is 1. The fraction of sp³-hybridized carbons (Fsp3) is 0.0909. The van der Waals surface area contributed by atoms with Crippen LogP contribution in [0.1, 0.15) is 5.56 Å². The Labute approximate surface area is 91.9 Å². The molecule has 76 valence electrons. The molecule has 2 rings (SSSR count). The zero-order valence-corrected chi connectivity index (χ0v) is 8.99. The average Bonchev–Trinajstić information content (AvgIpc) is 2.24. The monoisotopic (exact) mass is 219 g/mol. The van der Waals surface area contributed by atoms with Gasteiger partial charge in [-0.05, 0) is 6.07 Å². The van der Waals surface area contributed by atoms with Gasteiger partial charge in [-0.15, -0.1) is 12.6 Å². The molecule has 0 radical (unpaired) electrons. The molecule has 3 nitrogen and oxygen atoms in total. The molecule has 0 aliphatic rings. The highest BCUT2D eigenvalue weighted by Gasteiger charge is 2.08. The Hall–Kier alpha value is -1.55. The Balaban J connectivity index is 2.90. The van der Waals surface area contributed by atoms with E-state index in [0.717, 1.165) is 5.39 Å². The Morgan fingerprint density at radius 3 is 2.87 bits per heavy atom. The van der Waals surface area contributed by atoms with Gasteiger partial charge < -0.3 is 4.42 Å². The minimum atomic E-state index is -0.413. The van der Waals surface area contributed by atoms with Gasteiger partial charge in [0.1, 0.15) is 5.58 Å². The molecule has 0 bridgehead atoms. The third kappa shape index (κ3) is 1.68. The molecule has 0 N–H and O–H groups in total. The second-order valence-corrected chi connectivity index (χ2v) is 3.48. The standard InChI is InChI=1S/C11H9NO2S/c1-12-6-8-10(15)7-4-2-3-5-9(7)14-11(8)13/h2-6,15H,1H3. The van der Waals surface area contributed by atoms with Crippen LogP contribution < -0.4 is 5.63 Å². The van der Waals surface area contributed by atoms with Crippen molar-refractivity contribution in [3.8, 4) is 0 Å². The third-order valence-corrected chi connectivity index (χ3v) is 2.56. The number of hydrogen-bond acceptors (Lipinski definition) is 4. The topological polar surface area (TPSA) is 42.6 Å². The van der Waals surface area contributed by atoms with Gasteiger partial charge >= 0.3 is 5.63 Å². The molecule has 1 aromatic heterocycles. The number of aliphatic imine (C=N–C) groups is 1. The summed E-state index contributed by atoms with van der Waals surface area (Å²) in [5.74, 6) is 0. The maximum Gasteiger partial charge on any atom is 0.346 e. The maximum absolute atomic E-state index is 11.5. The van der Waals surface area contributed by atoms with Crippen LogP contribution in [0.4, 0.5) is 0 Å². The van der Waals surface area contributed by atoms with Crippen LogP contribution in [0.25, 0.3) is 11.0 Å². The molecule has 0 saturated carbocycles. The molecule has 0 fully saturated rings. The number of thiol groups is 1. The van der Waals surface area contributed by atoms with Gasteiger partial charge in [0, 0.05) is 23.5 Å².